The summed E-state index contributed by atoms with van der Waals surface area (Å²) in [5.74, 6) is 2.70. The number of aromatic nitrogens is 3. The molecule has 1 fully saturated rings. The highest BCUT2D eigenvalue weighted by molar-refractivity contribution is 6.04. The van der Waals surface area contributed by atoms with E-state index in [0.717, 1.165) is 61.4 Å². The van der Waals surface area contributed by atoms with Crippen molar-refractivity contribution >= 4 is 21.7 Å². The van der Waals surface area contributed by atoms with E-state index < -0.39 is 0 Å². The van der Waals surface area contributed by atoms with Gasteiger partial charge in [0.25, 0.3) is 5.56 Å². The number of methoxy groups -OCH3 is 1. The van der Waals surface area contributed by atoms with Crippen molar-refractivity contribution in [3.05, 3.63) is 75.2 Å². The Labute approximate surface area is 202 Å². The molecule has 0 spiro atoms. The number of nitrogens with one attached hydrogen (secondary N) is 1. The predicted molar refractivity (Wildman–Crippen MR) is 135 cm³/mol. The molecule has 8 heteroatoms. The highest BCUT2D eigenvalue weighted by Gasteiger charge is 2.40. The molecule has 180 valence electrons. The van der Waals surface area contributed by atoms with Crippen molar-refractivity contribution in [2.45, 2.75) is 25.3 Å². The summed E-state index contributed by atoms with van der Waals surface area (Å²) in [6.07, 6.45) is 5.05. The third-order valence-electron chi connectivity index (χ3n) is 7.47. The van der Waals surface area contributed by atoms with Crippen molar-refractivity contribution in [3.8, 4) is 11.5 Å². The quantitative estimate of drug-likeness (QED) is 0.343. The number of rotatable bonds is 6. The van der Waals surface area contributed by atoms with Gasteiger partial charge in [0, 0.05) is 54.8 Å². The Morgan fingerprint density at radius 2 is 1.97 bits per heavy atom. The van der Waals surface area contributed by atoms with Crippen molar-refractivity contribution in [2.75, 3.05) is 33.4 Å². The van der Waals surface area contributed by atoms with E-state index in [0.29, 0.717) is 29.3 Å². The first-order valence-electron chi connectivity index (χ1n) is 12.2. The molecule has 2 aliphatic heterocycles. The Morgan fingerprint density at radius 3 is 2.86 bits per heavy atom. The number of unbranched alkanes of at least 4 members (excludes halogenated alkanes) is 1. The van der Waals surface area contributed by atoms with Gasteiger partial charge < -0.3 is 19.4 Å². The molecule has 0 saturated carbocycles. The summed E-state index contributed by atoms with van der Waals surface area (Å²) >= 11 is 0. The number of pyridine rings is 1. The van der Waals surface area contributed by atoms with E-state index in [9.17, 15) is 9.59 Å². The zero-order valence-electron chi connectivity index (χ0n) is 19.7. The highest BCUT2D eigenvalue weighted by atomic mass is 16.5. The molecule has 0 radical (unpaired) electrons. The molecule has 0 aliphatic carbocycles. The van der Waals surface area contributed by atoms with Gasteiger partial charge in [-0.05, 0) is 49.0 Å². The van der Waals surface area contributed by atoms with E-state index in [2.05, 4.69) is 14.9 Å². The molecule has 1 N–H and O–H groups in total. The van der Waals surface area contributed by atoms with Crippen LogP contribution in [0.5, 0.6) is 11.5 Å². The summed E-state index contributed by atoms with van der Waals surface area (Å²) in [6.45, 7) is 4.01. The summed E-state index contributed by atoms with van der Waals surface area (Å²) in [5.41, 5.74) is 1.12. The molecule has 0 amide bonds. The Bertz CT molecular complexity index is 1510. The van der Waals surface area contributed by atoms with Crippen molar-refractivity contribution in [1.82, 2.24) is 19.4 Å². The second-order valence-corrected chi connectivity index (χ2v) is 9.49. The SMILES string of the molecule is COc1cccc2c1[C@@H]1CN(CCCCn3c(=O)[nH]c4c(ccc5ccncc54)c3=O)C[C@@H]1CO2. The Kier molecular flexibility index (Phi) is 5.53. The number of H-pyrrole nitrogens is 1. The number of fused-ring (bicyclic) bond motifs is 6. The zero-order chi connectivity index (χ0) is 23.9. The standard InChI is InChI=1S/C27H28N4O4/c1-34-22-5-4-6-23-24(22)21-15-30(14-18(21)16-35-23)11-2-3-12-31-26(32)19-8-7-17-9-10-28-13-20(17)25(19)29-27(31)33/h4-10,13,18,21H,2-3,11-12,14-16H2,1H3,(H,29,33)/t18-,21-/m1/s1. The molecule has 1 saturated heterocycles. The molecular formula is C27H28N4O4. The average Bonchev–Trinajstić information content (AvgIpc) is 3.31. The van der Waals surface area contributed by atoms with Crippen LogP contribution in [0.2, 0.25) is 0 Å². The maximum Gasteiger partial charge on any atom is 0.328 e. The molecule has 6 rings (SSSR count). The lowest BCUT2D eigenvalue weighted by atomic mass is 9.86. The lowest BCUT2D eigenvalue weighted by Crippen LogP contribution is -2.35. The van der Waals surface area contributed by atoms with Gasteiger partial charge in [-0.25, -0.2) is 4.79 Å². The molecule has 4 aromatic rings. The van der Waals surface area contributed by atoms with Crippen LogP contribution < -0.4 is 20.7 Å². The van der Waals surface area contributed by atoms with E-state index in [1.165, 1.54) is 10.1 Å². The zero-order valence-corrected chi connectivity index (χ0v) is 19.7. The minimum absolute atomic E-state index is 0.248. The summed E-state index contributed by atoms with van der Waals surface area (Å²) in [4.78, 5) is 35.3. The molecule has 2 atom stereocenters. The first-order chi connectivity index (χ1) is 17.1. The first-order valence-corrected chi connectivity index (χ1v) is 12.2. The minimum Gasteiger partial charge on any atom is -0.496 e. The Hall–Kier alpha value is -3.65. The number of benzene rings is 2. The fourth-order valence-corrected chi connectivity index (χ4v) is 5.72. The highest BCUT2D eigenvalue weighted by Crippen LogP contribution is 2.46. The number of aromatic amines is 1. The first kappa shape index (κ1) is 21.9. The Morgan fingerprint density at radius 1 is 1.09 bits per heavy atom. The maximum atomic E-state index is 13.1. The number of nitrogens with zero attached hydrogens (tertiary/aromatic N) is 3. The topological polar surface area (TPSA) is 89.5 Å². The van der Waals surface area contributed by atoms with Gasteiger partial charge in [-0.2, -0.15) is 0 Å². The van der Waals surface area contributed by atoms with Gasteiger partial charge in [0.15, 0.2) is 0 Å². The molecule has 35 heavy (non-hydrogen) atoms. The van der Waals surface area contributed by atoms with Crippen molar-refractivity contribution in [2.24, 2.45) is 5.92 Å². The molecule has 0 bridgehead atoms. The van der Waals surface area contributed by atoms with Crippen LogP contribution in [-0.4, -0.2) is 52.8 Å². The lowest BCUT2D eigenvalue weighted by molar-refractivity contribution is 0.209. The predicted octanol–water partition coefficient (Wildman–Crippen LogP) is 3.13. The third kappa shape index (κ3) is 3.78. The fourth-order valence-electron chi connectivity index (χ4n) is 5.72. The van der Waals surface area contributed by atoms with E-state index in [1.54, 1.807) is 25.6 Å². The van der Waals surface area contributed by atoms with Crippen LogP contribution in [0.1, 0.15) is 24.3 Å². The fraction of sp³-hybridized carbons (Fsp3) is 0.370. The van der Waals surface area contributed by atoms with Crippen molar-refractivity contribution in [1.29, 1.82) is 0 Å². The second-order valence-electron chi connectivity index (χ2n) is 9.49. The maximum absolute atomic E-state index is 13.1. The van der Waals surface area contributed by atoms with Crippen LogP contribution in [0.25, 0.3) is 21.7 Å². The lowest BCUT2D eigenvalue weighted by Gasteiger charge is -2.29. The van der Waals surface area contributed by atoms with E-state index >= 15 is 0 Å². The van der Waals surface area contributed by atoms with E-state index in [4.69, 9.17) is 9.47 Å². The van der Waals surface area contributed by atoms with Gasteiger partial charge in [0.2, 0.25) is 0 Å². The largest absolute Gasteiger partial charge is 0.496 e. The molecule has 8 nitrogen and oxygen atoms in total. The molecule has 2 aromatic heterocycles. The Balaban J connectivity index is 1.13. The van der Waals surface area contributed by atoms with E-state index in [1.807, 2.05) is 30.3 Å². The number of hydrogen-bond acceptors (Lipinski definition) is 6. The van der Waals surface area contributed by atoms with Crippen LogP contribution in [0.15, 0.2) is 58.4 Å². The van der Waals surface area contributed by atoms with Gasteiger partial charge in [-0.15, -0.1) is 0 Å². The van der Waals surface area contributed by atoms with Crippen molar-refractivity contribution < 1.29 is 9.47 Å². The second kappa shape index (κ2) is 8.85. The van der Waals surface area contributed by atoms with Gasteiger partial charge in [-0.1, -0.05) is 12.1 Å². The number of hydrogen-bond donors (Lipinski definition) is 1. The smallest absolute Gasteiger partial charge is 0.328 e. The molecular weight excluding hydrogens is 444 g/mol. The average molecular weight is 473 g/mol. The van der Waals surface area contributed by atoms with Crippen molar-refractivity contribution in [3.63, 3.8) is 0 Å². The van der Waals surface area contributed by atoms with Crippen LogP contribution >= 0.6 is 0 Å². The molecule has 2 aliphatic rings. The normalized spacial score (nSPS) is 19.5. The summed E-state index contributed by atoms with van der Waals surface area (Å²) in [5, 5.41) is 2.24. The number of ether oxygens (including phenoxy) is 2. The monoisotopic (exact) mass is 472 g/mol. The molecule has 0 unspecified atom stereocenters. The van der Waals surface area contributed by atoms with Gasteiger partial charge in [-0.3, -0.25) is 14.3 Å². The molecule has 2 aromatic carbocycles. The summed E-state index contributed by atoms with van der Waals surface area (Å²) in [6, 6.07) is 11.5. The van der Waals surface area contributed by atoms with E-state index in [-0.39, 0.29) is 11.2 Å². The molecule has 4 heterocycles. The third-order valence-corrected chi connectivity index (χ3v) is 7.47. The van der Waals surface area contributed by atoms with Gasteiger partial charge >= 0.3 is 5.69 Å². The number of likely N-dealkylation sites (tertiary alicyclic amines) is 1. The van der Waals surface area contributed by atoms with Gasteiger partial charge in [0.05, 0.1) is 24.6 Å². The summed E-state index contributed by atoms with van der Waals surface area (Å²) in [7, 11) is 1.71. The summed E-state index contributed by atoms with van der Waals surface area (Å²) < 4.78 is 12.9. The van der Waals surface area contributed by atoms with Crippen LogP contribution in [0.3, 0.4) is 0 Å². The van der Waals surface area contributed by atoms with Crippen LogP contribution in [0.4, 0.5) is 0 Å². The minimum atomic E-state index is -0.369. The van der Waals surface area contributed by atoms with Crippen LogP contribution in [-0.2, 0) is 6.54 Å². The van der Waals surface area contributed by atoms with Gasteiger partial charge in [0.1, 0.15) is 11.5 Å². The van der Waals surface area contributed by atoms with Crippen LogP contribution in [0, 0.1) is 5.92 Å².